The Morgan fingerprint density at radius 2 is 2.05 bits per heavy atom. The number of hydrogen-bond donors (Lipinski definition) is 3. The van der Waals surface area contributed by atoms with E-state index in [2.05, 4.69) is 10.2 Å². The van der Waals surface area contributed by atoms with E-state index in [-0.39, 0.29) is 0 Å². The fraction of sp³-hybridized carbons (Fsp3) is 0.625. The van der Waals surface area contributed by atoms with Crippen LogP contribution in [0.15, 0.2) is 18.2 Å². The lowest BCUT2D eigenvalue weighted by Gasteiger charge is -2.35. The first kappa shape index (κ1) is 15.9. The van der Waals surface area contributed by atoms with Gasteiger partial charge in [-0.1, -0.05) is 0 Å². The summed E-state index contributed by atoms with van der Waals surface area (Å²) in [5, 5.41) is 13.2. The van der Waals surface area contributed by atoms with Crippen molar-refractivity contribution >= 4 is 11.4 Å². The molecule has 5 nitrogen and oxygen atoms in total. The molecule has 21 heavy (non-hydrogen) atoms. The van der Waals surface area contributed by atoms with E-state index in [1.54, 1.807) is 7.11 Å². The summed E-state index contributed by atoms with van der Waals surface area (Å²) in [6.07, 6.45) is 2.12. The summed E-state index contributed by atoms with van der Waals surface area (Å²) < 4.78 is 5.43. The minimum atomic E-state index is -0.655. The number of nitrogens with two attached hydrogens (primary N) is 1. The first-order chi connectivity index (χ1) is 9.89. The predicted molar refractivity (Wildman–Crippen MR) is 86.9 cm³/mol. The quantitative estimate of drug-likeness (QED) is 0.720. The van der Waals surface area contributed by atoms with Crippen molar-refractivity contribution in [2.75, 3.05) is 37.4 Å². The van der Waals surface area contributed by atoms with E-state index in [0.717, 1.165) is 43.1 Å². The summed E-state index contributed by atoms with van der Waals surface area (Å²) in [6, 6.07) is 6.27. The Kier molecular flexibility index (Phi) is 4.96. The zero-order valence-electron chi connectivity index (χ0n) is 13.2. The lowest BCUT2D eigenvalue weighted by atomic mass is 10.0. The van der Waals surface area contributed by atoms with Crippen molar-refractivity contribution in [2.24, 2.45) is 0 Å². The normalized spacial score (nSPS) is 17.0. The molecule has 0 spiro atoms. The lowest BCUT2D eigenvalue weighted by Crippen LogP contribution is -2.46. The minimum Gasteiger partial charge on any atom is -0.495 e. The number of nitrogen functional groups attached to an aromatic ring is 1. The molecule has 0 radical (unpaired) electrons. The lowest BCUT2D eigenvalue weighted by molar-refractivity contribution is 0.0752. The van der Waals surface area contributed by atoms with Gasteiger partial charge in [-0.3, -0.25) is 0 Å². The van der Waals surface area contributed by atoms with E-state index in [9.17, 15) is 5.11 Å². The van der Waals surface area contributed by atoms with E-state index in [1.165, 1.54) is 0 Å². The maximum atomic E-state index is 9.77. The maximum absolute atomic E-state index is 9.77. The SMILES string of the molecule is COc1cc(N)ccc1N1CCC(NCC(C)(C)O)CC1. The highest BCUT2D eigenvalue weighted by molar-refractivity contribution is 5.64. The third-order valence-corrected chi connectivity index (χ3v) is 3.86. The number of ether oxygens (including phenoxy) is 1. The maximum Gasteiger partial charge on any atom is 0.144 e. The standard InChI is InChI=1S/C16H27N3O2/c1-16(2,20)11-18-13-6-8-19(9-7-13)14-5-4-12(17)10-15(14)21-3/h4-5,10,13,18,20H,6-9,11,17H2,1-3H3. The zero-order chi connectivity index (χ0) is 15.5. The van der Waals surface area contributed by atoms with Crippen LogP contribution in [0, 0.1) is 0 Å². The van der Waals surface area contributed by atoms with E-state index in [4.69, 9.17) is 10.5 Å². The van der Waals surface area contributed by atoms with Crippen molar-refractivity contribution < 1.29 is 9.84 Å². The van der Waals surface area contributed by atoms with Gasteiger partial charge in [0.1, 0.15) is 5.75 Å². The number of nitrogens with zero attached hydrogens (tertiary/aromatic N) is 1. The highest BCUT2D eigenvalue weighted by Crippen LogP contribution is 2.32. The van der Waals surface area contributed by atoms with Gasteiger partial charge in [0.15, 0.2) is 0 Å². The smallest absolute Gasteiger partial charge is 0.144 e. The number of benzene rings is 1. The van der Waals surface area contributed by atoms with E-state index >= 15 is 0 Å². The molecule has 0 aromatic heterocycles. The highest BCUT2D eigenvalue weighted by atomic mass is 16.5. The summed E-state index contributed by atoms with van der Waals surface area (Å²) in [7, 11) is 1.68. The van der Waals surface area contributed by atoms with Gasteiger partial charge in [0, 0.05) is 37.4 Å². The molecule has 0 unspecified atom stereocenters. The molecule has 1 aromatic rings. The fourth-order valence-corrected chi connectivity index (χ4v) is 2.67. The van der Waals surface area contributed by atoms with Crippen molar-refractivity contribution in [3.8, 4) is 5.75 Å². The first-order valence-corrected chi connectivity index (χ1v) is 7.53. The molecule has 4 N–H and O–H groups in total. The Bertz CT molecular complexity index is 463. The van der Waals surface area contributed by atoms with Crippen LogP contribution in [0.5, 0.6) is 5.75 Å². The van der Waals surface area contributed by atoms with Crippen LogP contribution < -0.4 is 20.7 Å². The first-order valence-electron chi connectivity index (χ1n) is 7.53. The van der Waals surface area contributed by atoms with Crippen LogP contribution in [0.4, 0.5) is 11.4 Å². The summed E-state index contributed by atoms with van der Waals surface area (Å²) in [6.45, 7) is 6.24. The molecule has 1 saturated heterocycles. The van der Waals surface area contributed by atoms with Gasteiger partial charge in [-0.2, -0.15) is 0 Å². The van der Waals surface area contributed by atoms with Crippen LogP contribution in [0.25, 0.3) is 0 Å². The Morgan fingerprint density at radius 1 is 1.38 bits per heavy atom. The largest absolute Gasteiger partial charge is 0.495 e. The second-order valence-electron chi connectivity index (χ2n) is 6.39. The van der Waals surface area contributed by atoms with Crippen LogP contribution in [-0.4, -0.2) is 43.5 Å². The van der Waals surface area contributed by atoms with Gasteiger partial charge < -0.3 is 25.8 Å². The van der Waals surface area contributed by atoms with Gasteiger partial charge in [0.2, 0.25) is 0 Å². The summed E-state index contributed by atoms with van der Waals surface area (Å²) >= 11 is 0. The number of rotatable bonds is 5. The third kappa shape index (κ3) is 4.51. The van der Waals surface area contributed by atoms with Crippen LogP contribution in [0.3, 0.4) is 0 Å². The van der Waals surface area contributed by atoms with Crippen molar-refractivity contribution in [2.45, 2.75) is 38.3 Å². The van der Waals surface area contributed by atoms with E-state index in [0.29, 0.717) is 12.6 Å². The van der Waals surface area contributed by atoms with Crippen molar-refractivity contribution in [3.63, 3.8) is 0 Å². The average molecular weight is 293 g/mol. The number of hydrogen-bond acceptors (Lipinski definition) is 5. The second kappa shape index (κ2) is 6.54. The molecule has 0 saturated carbocycles. The molecule has 0 aliphatic carbocycles. The van der Waals surface area contributed by atoms with Crippen LogP contribution >= 0.6 is 0 Å². The predicted octanol–water partition coefficient (Wildman–Crippen LogP) is 1.61. The molecule has 0 amide bonds. The molecule has 1 aliphatic rings. The molecule has 1 aromatic carbocycles. The molecule has 118 valence electrons. The third-order valence-electron chi connectivity index (χ3n) is 3.86. The van der Waals surface area contributed by atoms with Crippen LogP contribution in [-0.2, 0) is 0 Å². The minimum absolute atomic E-state index is 0.465. The Hall–Kier alpha value is -1.46. The molecule has 0 atom stereocenters. The van der Waals surface area contributed by atoms with Gasteiger partial charge >= 0.3 is 0 Å². The van der Waals surface area contributed by atoms with Crippen molar-refractivity contribution in [1.29, 1.82) is 0 Å². The number of piperidine rings is 1. The highest BCUT2D eigenvalue weighted by Gasteiger charge is 2.23. The number of methoxy groups -OCH3 is 1. The second-order valence-corrected chi connectivity index (χ2v) is 6.39. The molecule has 0 bridgehead atoms. The summed E-state index contributed by atoms with van der Waals surface area (Å²) in [5.41, 5.74) is 6.97. The van der Waals surface area contributed by atoms with Crippen LogP contribution in [0.2, 0.25) is 0 Å². The monoisotopic (exact) mass is 293 g/mol. The summed E-state index contributed by atoms with van der Waals surface area (Å²) in [5.74, 6) is 0.831. The molecule has 1 fully saturated rings. The molecule has 1 heterocycles. The summed E-state index contributed by atoms with van der Waals surface area (Å²) in [4.78, 5) is 2.33. The van der Waals surface area contributed by atoms with Gasteiger partial charge in [0.25, 0.3) is 0 Å². The van der Waals surface area contributed by atoms with Gasteiger partial charge in [-0.25, -0.2) is 0 Å². The van der Waals surface area contributed by atoms with E-state index in [1.807, 2.05) is 32.0 Å². The molecule has 1 aliphatic heterocycles. The topological polar surface area (TPSA) is 70.8 Å². The average Bonchev–Trinajstić information content (AvgIpc) is 2.45. The molecule has 2 rings (SSSR count). The van der Waals surface area contributed by atoms with Crippen LogP contribution in [0.1, 0.15) is 26.7 Å². The number of anilines is 2. The Morgan fingerprint density at radius 3 is 2.62 bits per heavy atom. The number of aliphatic hydroxyl groups is 1. The van der Waals surface area contributed by atoms with Crippen molar-refractivity contribution in [3.05, 3.63) is 18.2 Å². The Balaban J connectivity index is 1.92. The zero-order valence-corrected chi connectivity index (χ0v) is 13.2. The molecular formula is C16H27N3O2. The van der Waals surface area contributed by atoms with Gasteiger partial charge in [0.05, 0.1) is 18.4 Å². The van der Waals surface area contributed by atoms with E-state index < -0.39 is 5.60 Å². The van der Waals surface area contributed by atoms with Gasteiger partial charge in [-0.05, 0) is 38.8 Å². The van der Waals surface area contributed by atoms with Crippen molar-refractivity contribution in [1.82, 2.24) is 5.32 Å². The molecular weight excluding hydrogens is 266 g/mol. The Labute approximate surface area is 127 Å². The fourth-order valence-electron chi connectivity index (χ4n) is 2.67. The molecule has 5 heteroatoms. The van der Waals surface area contributed by atoms with Gasteiger partial charge in [-0.15, -0.1) is 0 Å². The number of nitrogens with one attached hydrogen (secondary N) is 1.